The first kappa shape index (κ1) is 16.9. The molecule has 2 heterocycles. The van der Waals surface area contributed by atoms with Gasteiger partial charge in [0, 0.05) is 16.8 Å². The molecule has 0 fully saturated rings. The van der Waals surface area contributed by atoms with Gasteiger partial charge in [-0.15, -0.1) is 10.2 Å². The van der Waals surface area contributed by atoms with Gasteiger partial charge in [0.2, 0.25) is 5.91 Å². The molecule has 26 heavy (non-hydrogen) atoms. The highest BCUT2D eigenvalue weighted by Crippen LogP contribution is 2.36. The number of hydrogen-bond acceptors (Lipinski definition) is 7. The summed E-state index contributed by atoms with van der Waals surface area (Å²) in [6, 6.07) is 11.5. The van der Waals surface area contributed by atoms with Gasteiger partial charge in [0.1, 0.15) is 21.9 Å². The van der Waals surface area contributed by atoms with Gasteiger partial charge < -0.3 is 14.5 Å². The van der Waals surface area contributed by atoms with Gasteiger partial charge in [0.05, 0.1) is 18.6 Å². The molecule has 0 bridgehead atoms. The van der Waals surface area contributed by atoms with Crippen molar-refractivity contribution in [3.8, 4) is 5.75 Å². The van der Waals surface area contributed by atoms with Crippen LogP contribution in [0.25, 0.3) is 21.9 Å². The molecule has 4 aromatic rings. The lowest BCUT2D eigenvalue weighted by atomic mass is 10.1. The van der Waals surface area contributed by atoms with Gasteiger partial charge in [-0.1, -0.05) is 41.3 Å². The van der Waals surface area contributed by atoms with E-state index in [4.69, 9.17) is 9.15 Å². The number of fused-ring (bicyclic) bond motifs is 3. The number of amides is 1. The second-order valence-electron chi connectivity index (χ2n) is 5.57. The molecule has 8 heteroatoms. The molecular weight excluding hydrogens is 370 g/mol. The molecule has 2 aromatic heterocycles. The van der Waals surface area contributed by atoms with E-state index in [1.165, 1.54) is 23.1 Å². The zero-order chi connectivity index (χ0) is 18.1. The number of aromatic nitrogens is 2. The molecular formula is C18H15N3O3S2. The zero-order valence-corrected chi connectivity index (χ0v) is 15.7. The van der Waals surface area contributed by atoms with Gasteiger partial charge in [-0.25, -0.2) is 0 Å². The topological polar surface area (TPSA) is 77.2 Å². The van der Waals surface area contributed by atoms with Crippen molar-refractivity contribution < 1.29 is 13.9 Å². The fourth-order valence-corrected chi connectivity index (χ4v) is 4.28. The summed E-state index contributed by atoms with van der Waals surface area (Å²) in [6.45, 7) is 1.88. The summed E-state index contributed by atoms with van der Waals surface area (Å²) in [7, 11) is 1.58. The number of carbonyl (C=O) groups excluding carboxylic acids is 1. The lowest BCUT2D eigenvalue weighted by Crippen LogP contribution is -2.14. The Kier molecular flexibility index (Phi) is 4.52. The van der Waals surface area contributed by atoms with E-state index < -0.39 is 0 Å². The minimum atomic E-state index is -0.142. The van der Waals surface area contributed by atoms with Crippen LogP contribution in [0, 0.1) is 6.92 Å². The molecule has 6 nitrogen and oxygen atoms in total. The van der Waals surface area contributed by atoms with E-state index in [0.717, 1.165) is 25.7 Å². The predicted molar refractivity (Wildman–Crippen MR) is 104 cm³/mol. The average Bonchev–Trinajstić information content (AvgIpc) is 3.22. The first-order chi connectivity index (χ1) is 12.6. The Bertz CT molecular complexity index is 1100. The van der Waals surface area contributed by atoms with Crippen LogP contribution >= 0.6 is 23.1 Å². The Hall–Kier alpha value is -2.58. The summed E-state index contributed by atoms with van der Waals surface area (Å²) in [4.78, 5) is 12.3. The van der Waals surface area contributed by atoms with E-state index in [1.807, 2.05) is 37.3 Å². The quantitative estimate of drug-likeness (QED) is 0.510. The fraction of sp³-hybridized carbons (Fsp3) is 0.167. The molecule has 132 valence electrons. The summed E-state index contributed by atoms with van der Waals surface area (Å²) in [5.41, 5.74) is 2.09. The van der Waals surface area contributed by atoms with Crippen molar-refractivity contribution in [3.05, 3.63) is 41.4 Å². The van der Waals surface area contributed by atoms with Crippen molar-refractivity contribution in [2.24, 2.45) is 0 Å². The molecule has 0 atom stereocenters. The summed E-state index contributed by atoms with van der Waals surface area (Å²) < 4.78 is 12.1. The van der Waals surface area contributed by atoms with Crippen LogP contribution in [-0.2, 0) is 4.79 Å². The normalized spacial score (nSPS) is 11.2. The van der Waals surface area contributed by atoms with Crippen molar-refractivity contribution in [2.45, 2.75) is 11.3 Å². The number of carbonyl (C=O) groups is 1. The number of nitrogens with zero attached hydrogens (tertiary/aromatic N) is 2. The van der Waals surface area contributed by atoms with Crippen LogP contribution in [-0.4, -0.2) is 29.0 Å². The molecule has 0 radical (unpaired) electrons. The molecule has 0 aliphatic heterocycles. The van der Waals surface area contributed by atoms with Gasteiger partial charge in [0.15, 0.2) is 4.34 Å². The maximum Gasteiger partial charge on any atom is 0.234 e. The van der Waals surface area contributed by atoms with Crippen molar-refractivity contribution in [3.63, 3.8) is 0 Å². The number of para-hydroxylation sites is 1. The molecule has 0 aliphatic carbocycles. The number of hydrogen-bond donors (Lipinski definition) is 1. The van der Waals surface area contributed by atoms with Crippen LogP contribution in [0.15, 0.2) is 45.2 Å². The fourth-order valence-electron chi connectivity index (χ4n) is 2.67. The number of benzene rings is 2. The molecule has 0 spiro atoms. The van der Waals surface area contributed by atoms with E-state index in [0.29, 0.717) is 17.0 Å². The maximum absolute atomic E-state index is 12.3. The highest BCUT2D eigenvalue weighted by atomic mass is 32.2. The molecule has 0 saturated heterocycles. The maximum atomic E-state index is 12.3. The molecule has 4 rings (SSSR count). The standard InChI is InChI=1S/C18H15N3O3S2/c1-10-20-21-18(26-10)25-9-17(22)19-13-8-15-12(7-16(13)23-2)11-5-3-4-6-14(11)24-15/h3-8H,9H2,1-2H3,(H,19,22). The molecule has 2 aromatic carbocycles. The first-order valence-corrected chi connectivity index (χ1v) is 9.66. The zero-order valence-electron chi connectivity index (χ0n) is 14.1. The van der Waals surface area contributed by atoms with Gasteiger partial charge >= 0.3 is 0 Å². The monoisotopic (exact) mass is 385 g/mol. The third kappa shape index (κ3) is 3.25. The number of thioether (sulfide) groups is 1. The van der Waals surface area contributed by atoms with Crippen LogP contribution in [0.3, 0.4) is 0 Å². The van der Waals surface area contributed by atoms with E-state index in [9.17, 15) is 4.79 Å². The third-order valence-corrected chi connectivity index (χ3v) is 5.78. The van der Waals surface area contributed by atoms with Crippen LogP contribution in [0.2, 0.25) is 0 Å². The summed E-state index contributed by atoms with van der Waals surface area (Å²) in [5, 5.41) is 13.7. The van der Waals surface area contributed by atoms with E-state index in [-0.39, 0.29) is 11.7 Å². The van der Waals surface area contributed by atoms with Crippen molar-refractivity contribution in [1.82, 2.24) is 10.2 Å². The van der Waals surface area contributed by atoms with E-state index >= 15 is 0 Å². The largest absolute Gasteiger partial charge is 0.495 e. The molecule has 0 saturated carbocycles. The lowest BCUT2D eigenvalue weighted by molar-refractivity contribution is -0.113. The minimum Gasteiger partial charge on any atom is -0.495 e. The molecule has 0 aliphatic rings. The Labute approximate surface area is 157 Å². The van der Waals surface area contributed by atoms with E-state index in [1.54, 1.807) is 13.2 Å². The van der Waals surface area contributed by atoms with Crippen LogP contribution in [0.4, 0.5) is 5.69 Å². The number of aryl methyl sites for hydroxylation is 1. The minimum absolute atomic E-state index is 0.142. The molecule has 1 N–H and O–H groups in total. The smallest absolute Gasteiger partial charge is 0.234 e. The van der Waals surface area contributed by atoms with Crippen LogP contribution in [0.5, 0.6) is 5.75 Å². The number of anilines is 1. The van der Waals surface area contributed by atoms with Gasteiger partial charge in [-0.3, -0.25) is 4.79 Å². The number of rotatable bonds is 5. The number of ether oxygens (including phenoxy) is 1. The van der Waals surface area contributed by atoms with Gasteiger partial charge in [-0.2, -0.15) is 0 Å². The highest BCUT2D eigenvalue weighted by Gasteiger charge is 2.14. The Morgan fingerprint density at radius 1 is 1.23 bits per heavy atom. The SMILES string of the molecule is COc1cc2c(cc1NC(=O)CSc1nnc(C)s1)oc1ccccc12. The Morgan fingerprint density at radius 2 is 2.08 bits per heavy atom. The third-order valence-electron chi connectivity index (χ3n) is 3.81. The summed E-state index contributed by atoms with van der Waals surface area (Å²) in [5.74, 6) is 0.696. The number of methoxy groups -OCH3 is 1. The van der Waals surface area contributed by atoms with Gasteiger partial charge in [-0.05, 0) is 19.1 Å². The van der Waals surface area contributed by atoms with Gasteiger partial charge in [0.25, 0.3) is 0 Å². The molecule has 0 unspecified atom stereocenters. The second-order valence-corrected chi connectivity index (χ2v) is 7.97. The summed E-state index contributed by atoms with van der Waals surface area (Å²) in [6.07, 6.45) is 0. The van der Waals surface area contributed by atoms with E-state index in [2.05, 4.69) is 15.5 Å². The molecule has 1 amide bonds. The number of furan rings is 1. The van der Waals surface area contributed by atoms with Crippen molar-refractivity contribution in [2.75, 3.05) is 18.2 Å². The number of nitrogens with one attached hydrogen (secondary N) is 1. The second kappa shape index (κ2) is 6.97. The average molecular weight is 385 g/mol. The van der Waals surface area contributed by atoms with Crippen LogP contribution in [0.1, 0.15) is 5.01 Å². The predicted octanol–water partition coefficient (Wildman–Crippen LogP) is 4.49. The first-order valence-electron chi connectivity index (χ1n) is 7.86. The van der Waals surface area contributed by atoms with Crippen molar-refractivity contribution in [1.29, 1.82) is 0 Å². The highest BCUT2D eigenvalue weighted by molar-refractivity contribution is 8.01. The Morgan fingerprint density at radius 3 is 2.85 bits per heavy atom. The van der Waals surface area contributed by atoms with Crippen molar-refractivity contribution >= 4 is 56.6 Å². The lowest BCUT2D eigenvalue weighted by Gasteiger charge is -2.10. The summed E-state index contributed by atoms with van der Waals surface area (Å²) >= 11 is 2.83. The van der Waals surface area contributed by atoms with Crippen LogP contribution < -0.4 is 10.1 Å². The Balaban J connectivity index is 1.58.